The molecular formula is C28H31Cl2FN6O. The molecule has 0 spiro atoms. The van der Waals surface area contributed by atoms with Gasteiger partial charge in [0.2, 0.25) is 5.95 Å². The Kier molecular flexibility index (Phi) is 8.02. The summed E-state index contributed by atoms with van der Waals surface area (Å²) in [6.45, 7) is 7.39. The predicted molar refractivity (Wildman–Crippen MR) is 153 cm³/mol. The van der Waals surface area contributed by atoms with E-state index in [0.29, 0.717) is 17.0 Å². The first kappa shape index (κ1) is 26.7. The quantitative estimate of drug-likeness (QED) is 0.418. The Labute approximate surface area is 232 Å². The molecule has 200 valence electrons. The number of pyridine rings is 1. The van der Waals surface area contributed by atoms with Crippen molar-refractivity contribution < 1.29 is 9.50 Å². The third-order valence-corrected chi connectivity index (χ3v) is 7.77. The van der Waals surface area contributed by atoms with Gasteiger partial charge in [0.15, 0.2) is 0 Å². The Morgan fingerprint density at radius 2 is 1.87 bits per heavy atom. The van der Waals surface area contributed by atoms with Gasteiger partial charge in [-0.25, -0.2) is 14.4 Å². The summed E-state index contributed by atoms with van der Waals surface area (Å²) in [7, 11) is 0. The lowest BCUT2D eigenvalue weighted by molar-refractivity contribution is 0.343. The number of nitrogens with zero attached hydrogens (tertiary/aromatic N) is 6. The molecule has 0 aliphatic carbocycles. The van der Waals surface area contributed by atoms with Gasteiger partial charge < -0.3 is 19.8 Å². The number of rotatable bonds is 6. The Bertz CT molecular complexity index is 1340. The van der Waals surface area contributed by atoms with E-state index in [0.717, 1.165) is 67.5 Å². The second kappa shape index (κ2) is 11.4. The van der Waals surface area contributed by atoms with Gasteiger partial charge in [-0.3, -0.25) is 0 Å². The van der Waals surface area contributed by atoms with Crippen molar-refractivity contribution in [3.63, 3.8) is 0 Å². The fourth-order valence-corrected chi connectivity index (χ4v) is 5.65. The maximum atomic E-state index is 13.9. The van der Waals surface area contributed by atoms with Crippen LogP contribution < -0.4 is 14.7 Å². The van der Waals surface area contributed by atoms with Crippen molar-refractivity contribution in [3.8, 4) is 11.3 Å². The van der Waals surface area contributed by atoms with E-state index in [2.05, 4.69) is 33.5 Å². The number of aromatic nitrogens is 3. The number of aliphatic hydroxyl groups excluding tert-OH is 1. The van der Waals surface area contributed by atoms with Crippen molar-refractivity contribution in [1.82, 2.24) is 15.0 Å². The van der Waals surface area contributed by atoms with Crippen LogP contribution in [0.2, 0.25) is 10.0 Å². The number of piperazine rings is 1. The lowest BCUT2D eigenvalue weighted by Gasteiger charge is -2.41. The van der Waals surface area contributed by atoms with Crippen LogP contribution >= 0.6 is 23.2 Å². The average molecular weight is 558 g/mol. The van der Waals surface area contributed by atoms with E-state index in [-0.39, 0.29) is 17.7 Å². The summed E-state index contributed by atoms with van der Waals surface area (Å²) in [6.07, 6.45) is 7.41. The number of anilines is 3. The van der Waals surface area contributed by atoms with Crippen molar-refractivity contribution in [1.29, 1.82) is 0 Å². The van der Waals surface area contributed by atoms with Crippen LogP contribution in [0.1, 0.15) is 32.3 Å². The van der Waals surface area contributed by atoms with Crippen LogP contribution in [0.25, 0.3) is 17.3 Å². The molecule has 5 rings (SSSR count). The molecule has 0 radical (unpaired) electrons. The van der Waals surface area contributed by atoms with E-state index in [9.17, 15) is 4.39 Å². The summed E-state index contributed by atoms with van der Waals surface area (Å²) in [4.78, 5) is 21.2. The van der Waals surface area contributed by atoms with Gasteiger partial charge in [0.1, 0.15) is 17.5 Å². The number of aliphatic hydroxyl groups is 1. The second-order valence-electron chi connectivity index (χ2n) is 9.87. The summed E-state index contributed by atoms with van der Waals surface area (Å²) in [6, 6.07) is 9.01. The van der Waals surface area contributed by atoms with Gasteiger partial charge in [-0.2, -0.15) is 4.98 Å². The molecule has 10 heteroatoms. The summed E-state index contributed by atoms with van der Waals surface area (Å²) in [5.74, 6) is 1.82. The number of hydrogen-bond acceptors (Lipinski definition) is 7. The SMILES string of the molecule is C[C@@H]1CN(c2ncc(C=CCO)cc2Cl)CCN1c1cc(-c2ccc(F)c(Cl)c2)nc(N2CCC[C@H]2C)n1. The second-order valence-corrected chi connectivity index (χ2v) is 10.7. The van der Waals surface area contributed by atoms with E-state index in [1.165, 1.54) is 6.07 Å². The minimum absolute atomic E-state index is 0.0316. The lowest BCUT2D eigenvalue weighted by Crippen LogP contribution is -2.52. The monoisotopic (exact) mass is 556 g/mol. The third-order valence-electron chi connectivity index (χ3n) is 7.21. The fourth-order valence-electron chi connectivity index (χ4n) is 5.18. The number of hydrogen-bond donors (Lipinski definition) is 1. The Morgan fingerprint density at radius 1 is 1.03 bits per heavy atom. The maximum Gasteiger partial charge on any atom is 0.228 e. The molecule has 1 N–H and O–H groups in total. The highest BCUT2D eigenvalue weighted by molar-refractivity contribution is 6.33. The van der Waals surface area contributed by atoms with Crippen LogP contribution in [-0.4, -0.2) is 64.9 Å². The minimum Gasteiger partial charge on any atom is -0.392 e. The van der Waals surface area contributed by atoms with E-state index < -0.39 is 5.82 Å². The van der Waals surface area contributed by atoms with Gasteiger partial charge >= 0.3 is 0 Å². The third kappa shape index (κ3) is 5.58. The van der Waals surface area contributed by atoms with Crippen LogP contribution in [0.15, 0.2) is 42.6 Å². The van der Waals surface area contributed by atoms with E-state index in [4.69, 9.17) is 38.3 Å². The summed E-state index contributed by atoms with van der Waals surface area (Å²) in [5.41, 5.74) is 2.32. The predicted octanol–water partition coefficient (Wildman–Crippen LogP) is 5.69. The zero-order valence-corrected chi connectivity index (χ0v) is 23.0. The molecule has 2 fully saturated rings. The van der Waals surface area contributed by atoms with Crippen LogP contribution in [-0.2, 0) is 0 Å². The maximum absolute atomic E-state index is 13.9. The van der Waals surface area contributed by atoms with Gasteiger partial charge in [-0.05, 0) is 56.5 Å². The molecule has 2 aromatic heterocycles. The van der Waals surface area contributed by atoms with Crippen LogP contribution in [0, 0.1) is 5.82 Å². The number of benzene rings is 1. The smallest absolute Gasteiger partial charge is 0.228 e. The minimum atomic E-state index is -0.451. The largest absolute Gasteiger partial charge is 0.392 e. The van der Waals surface area contributed by atoms with Gasteiger partial charge in [0.05, 0.1) is 22.3 Å². The average Bonchev–Trinajstić information content (AvgIpc) is 3.34. The molecule has 0 bridgehead atoms. The van der Waals surface area contributed by atoms with E-state index in [1.54, 1.807) is 30.5 Å². The Morgan fingerprint density at radius 3 is 2.55 bits per heavy atom. The molecule has 2 aliphatic rings. The zero-order valence-electron chi connectivity index (χ0n) is 21.5. The zero-order chi connectivity index (χ0) is 26.8. The summed E-state index contributed by atoms with van der Waals surface area (Å²) in [5, 5.41) is 9.66. The van der Waals surface area contributed by atoms with Gasteiger partial charge in [0, 0.05) is 56.1 Å². The lowest BCUT2D eigenvalue weighted by atomic mass is 10.1. The van der Waals surface area contributed by atoms with Crippen molar-refractivity contribution in [2.45, 2.75) is 38.8 Å². The van der Waals surface area contributed by atoms with Crippen LogP contribution in [0.4, 0.5) is 22.0 Å². The molecule has 1 aromatic carbocycles. The normalized spacial score (nSPS) is 20.1. The van der Waals surface area contributed by atoms with Crippen LogP contribution in [0.5, 0.6) is 0 Å². The molecule has 0 saturated carbocycles. The first-order valence-electron chi connectivity index (χ1n) is 12.9. The fraction of sp³-hybridized carbons (Fsp3) is 0.393. The standard InChI is InChI=1S/C28H31Cl2FN6O/c1-18-5-3-9-37(18)28-33-25(21-7-8-24(31)22(29)14-21)15-26(34-28)36-11-10-35(17-19(36)2)27-23(30)13-20(16-32-27)6-4-12-38/h4,6-8,13-16,18-19,38H,3,5,9-12,17H2,1-2H3/t18-,19-/m1/s1. The highest BCUT2D eigenvalue weighted by atomic mass is 35.5. The molecule has 0 amide bonds. The van der Waals surface area contributed by atoms with E-state index >= 15 is 0 Å². The van der Waals surface area contributed by atoms with Crippen molar-refractivity contribution in [2.24, 2.45) is 0 Å². The molecule has 4 heterocycles. The van der Waals surface area contributed by atoms with Crippen LogP contribution in [0.3, 0.4) is 0 Å². The van der Waals surface area contributed by atoms with Crippen molar-refractivity contribution >= 4 is 46.9 Å². The topological polar surface area (TPSA) is 68.6 Å². The van der Waals surface area contributed by atoms with E-state index in [1.807, 2.05) is 12.1 Å². The number of halogens is 3. The highest BCUT2D eigenvalue weighted by Crippen LogP contribution is 2.33. The molecule has 0 unspecified atom stereocenters. The Balaban J connectivity index is 1.43. The highest BCUT2D eigenvalue weighted by Gasteiger charge is 2.29. The van der Waals surface area contributed by atoms with Crippen molar-refractivity contribution in [3.05, 3.63) is 64.0 Å². The first-order valence-corrected chi connectivity index (χ1v) is 13.7. The molecule has 3 aromatic rings. The van der Waals surface area contributed by atoms with Gasteiger partial charge in [-0.1, -0.05) is 35.4 Å². The Hall–Kier alpha value is -2.94. The molecule has 2 saturated heterocycles. The summed E-state index contributed by atoms with van der Waals surface area (Å²) < 4.78 is 13.9. The summed E-state index contributed by atoms with van der Waals surface area (Å²) >= 11 is 12.7. The molecule has 38 heavy (non-hydrogen) atoms. The van der Waals surface area contributed by atoms with Crippen molar-refractivity contribution in [2.75, 3.05) is 47.5 Å². The van der Waals surface area contributed by atoms with Gasteiger partial charge in [-0.15, -0.1) is 0 Å². The molecule has 2 aliphatic heterocycles. The van der Waals surface area contributed by atoms with Gasteiger partial charge in [0.25, 0.3) is 0 Å². The first-order chi connectivity index (χ1) is 18.3. The molecular weight excluding hydrogens is 526 g/mol. The molecule has 2 atom stereocenters. The molecule has 7 nitrogen and oxygen atoms in total.